The quantitative estimate of drug-likeness (QED) is 0.652. The Morgan fingerprint density at radius 3 is 2.48 bits per heavy atom. The highest BCUT2D eigenvalue weighted by molar-refractivity contribution is 5.65. The van der Waals surface area contributed by atoms with Crippen molar-refractivity contribution in [1.82, 2.24) is 5.48 Å². The van der Waals surface area contributed by atoms with Crippen molar-refractivity contribution < 1.29 is 19.5 Å². The highest BCUT2D eigenvalue weighted by Gasteiger charge is 2.42. The summed E-state index contributed by atoms with van der Waals surface area (Å²) in [5, 5.41) is 8.76. The zero-order chi connectivity index (χ0) is 17.0. The van der Waals surface area contributed by atoms with E-state index < -0.39 is 6.09 Å². The molecular formula is C18H27NO4. The molecule has 1 aromatic carbocycles. The van der Waals surface area contributed by atoms with Crippen LogP contribution in [-0.2, 0) is 10.2 Å². The van der Waals surface area contributed by atoms with Crippen LogP contribution in [0.2, 0.25) is 0 Å². The SMILES string of the molecule is COc1ccc(C(C)(C)[C@@H]2CC[C@@H](C)C[C@H]2OC(=O)NO)cc1. The fourth-order valence-electron chi connectivity index (χ4n) is 3.68. The van der Waals surface area contributed by atoms with E-state index in [4.69, 9.17) is 14.7 Å². The lowest BCUT2D eigenvalue weighted by Gasteiger charge is -2.43. The van der Waals surface area contributed by atoms with Crippen LogP contribution in [0.25, 0.3) is 0 Å². The van der Waals surface area contributed by atoms with Gasteiger partial charge in [-0.2, -0.15) is 0 Å². The van der Waals surface area contributed by atoms with Crippen LogP contribution in [0.15, 0.2) is 24.3 Å². The molecule has 5 nitrogen and oxygen atoms in total. The first-order valence-electron chi connectivity index (χ1n) is 8.13. The van der Waals surface area contributed by atoms with Gasteiger partial charge in [0.05, 0.1) is 7.11 Å². The summed E-state index contributed by atoms with van der Waals surface area (Å²) in [5.74, 6) is 1.54. The molecule has 2 rings (SSSR count). The molecule has 1 amide bonds. The molecule has 2 N–H and O–H groups in total. The van der Waals surface area contributed by atoms with Crippen molar-refractivity contribution in [2.75, 3.05) is 7.11 Å². The fraction of sp³-hybridized carbons (Fsp3) is 0.611. The Kier molecular flexibility index (Phi) is 5.52. The van der Waals surface area contributed by atoms with Gasteiger partial charge in [-0.05, 0) is 41.9 Å². The molecule has 1 aliphatic carbocycles. The molecule has 128 valence electrons. The Labute approximate surface area is 137 Å². The van der Waals surface area contributed by atoms with E-state index in [2.05, 4.69) is 32.9 Å². The molecule has 0 unspecified atom stereocenters. The van der Waals surface area contributed by atoms with E-state index in [0.717, 1.165) is 25.0 Å². The molecule has 3 atom stereocenters. The third-order valence-electron chi connectivity index (χ3n) is 5.16. The Bertz CT molecular complexity index is 526. The second kappa shape index (κ2) is 7.21. The van der Waals surface area contributed by atoms with Crippen LogP contribution in [0.1, 0.15) is 45.6 Å². The van der Waals surface area contributed by atoms with Crippen LogP contribution in [0.3, 0.4) is 0 Å². The number of benzene rings is 1. The van der Waals surface area contributed by atoms with E-state index >= 15 is 0 Å². The average Bonchev–Trinajstić information content (AvgIpc) is 2.54. The van der Waals surface area contributed by atoms with Gasteiger partial charge in [-0.3, -0.25) is 5.21 Å². The highest BCUT2D eigenvalue weighted by atomic mass is 16.6. The summed E-state index contributed by atoms with van der Waals surface area (Å²) in [5.41, 5.74) is 2.62. The standard InChI is InChI=1S/C18H27NO4/c1-12-5-10-15(16(11-12)23-17(20)19-21)18(2,3)13-6-8-14(22-4)9-7-13/h6-9,12,15-16,21H,5,10-11H2,1-4H3,(H,19,20)/t12-,15-,16-/m1/s1. The number of ether oxygens (including phenoxy) is 2. The monoisotopic (exact) mass is 321 g/mol. The van der Waals surface area contributed by atoms with Crippen molar-refractivity contribution in [3.8, 4) is 5.75 Å². The lowest BCUT2D eigenvalue weighted by Crippen LogP contribution is -2.44. The van der Waals surface area contributed by atoms with Crippen LogP contribution in [-0.4, -0.2) is 24.5 Å². The van der Waals surface area contributed by atoms with E-state index in [1.54, 1.807) is 12.6 Å². The van der Waals surface area contributed by atoms with E-state index in [1.807, 2.05) is 12.1 Å². The zero-order valence-electron chi connectivity index (χ0n) is 14.3. The van der Waals surface area contributed by atoms with E-state index in [0.29, 0.717) is 5.92 Å². The van der Waals surface area contributed by atoms with E-state index in [1.165, 1.54) is 5.56 Å². The molecule has 0 aliphatic heterocycles. The molecule has 1 aliphatic rings. The fourth-order valence-corrected chi connectivity index (χ4v) is 3.68. The Balaban J connectivity index is 2.24. The van der Waals surface area contributed by atoms with Gasteiger partial charge in [0.15, 0.2) is 0 Å². The van der Waals surface area contributed by atoms with Crippen molar-refractivity contribution in [3.63, 3.8) is 0 Å². The van der Waals surface area contributed by atoms with Crippen LogP contribution in [0.4, 0.5) is 4.79 Å². The normalized spacial score (nSPS) is 24.8. The number of hydrogen-bond donors (Lipinski definition) is 2. The maximum Gasteiger partial charge on any atom is 0.431 e. The molecule has 0 heterocycles. The van der Waals surface area contributed by atoms with Gasteiger partial charge in [0.25, 0.3) is 0 Å². The third-order valence-corrected chi connectivity index (χ3v) is 5.16. The Hall–Kier alpha value is -1.75. The van der Waals surface area contributed by atoms with Crippen LogP contribution < -0.4 is 10.2 Å². The van der Waals surface area contributed by atoms with Crippen LogP contribution >= 0.6 is 0 Å². The number of carbonyl (C=O) groups excluding carboxylic acids is 1. The van der Waals surface area contributed by atoms with Gasteiger partial charge in [0, 0.05) is 5.92 Å². The summed E-state index contributed by atoms with van der Waals surface area (Å²) in [6.07, 6.45) is 1.94. The molecule has 0 saturated heterocycles. The summed E-state index contributed by atoms with van der Waals surface area (Å²) in [7, 11) is 1.65. The molecule has 5 heteroatoms. The summed E-state index contributed by atoms with van der Waals surface area (Å²) in [6, 6.07) is 8.05. The van der Waals surface area contributed by atoms with Crippen LogP contribution in [0, 0.1) is 11.8 Å². The largest absolute Gasteiger partial charge is 0.497 e. The smallest absolute Gasteiger partial charge is 0.431 e. The topological polar surface area (TPSA) is 67.8 Å². The predicted octanol–water partition coefficient (Wildman–Crippen LogP) is 3.89. The van der Waals surface area contributed by atoms with Gasteiger partial charge < -0.3 is 9.47 Å². The molecule has 1 aromatic rings. The second-order valence-electron chi connectivity index (χ2n) is 7.03. The van der Waals surface area contributed by atoms with Gasteiger partial charge in [-0.1, -0.05) is 39.3 Å². The molecular weight excluding hydrogens is 294 g/mol. The number of hydroxylamine groups is 1. The van der Waals surface area contributed by atoms with Gasteiger partial charge in [-0.15, -0.1) is 0 Å². The number of nitrogens with one attached hydrogen (secondary N) is 1. The lowest BCUT2D eigenvalue weighted by molar-refractivity contribution is -0.0177. The maximum atomic E-state index is 11.5. The molecule has 0 bridgehead atoms. The van der Waals surface area contributed by atoms with Crippen molar-refractivity contribution in [2.45, 2.75) is 51.6 Å². The molecule has 23 heavy (non-hydrogen) atoms. The molecule has 0 aromatic heterocycles. The number of rotatable bonds is 4. The average molecular weight is 321 g/mol. The van der Waals surface area contributed by atoms with E-state index in [9.17, 15) is 4.79 Å². The summed E-state index contributed by atoms with van der Waals surface area (Å²) < 4.78 is 10.7. The van der Waals surface area contributed by atoms with Gasteiger partial charge in [0.1, 0.15) is 11.9 Å². The van der Waals surface area contributed by atoms with Gasteiger partial charge >= 0.3 is 6.09 Å². The first-order chi connectivity index (χ1) is 10.9. The highest BCUT2D eigenvalue weighted by Crippen LogP contribution is 2.43. The molecule has 0 radical (unpaired) electrons. The first-order valence-corrected chi connectivity index (χ1v) is 8.13. The third kappa shape index (κ3) is 3.96. The Morgan fingerprint density at radius 2 is 1.91 bits per heavy atom. The molecule has 0 spiro atoms. The number of amides is 1. The lowest BCUT2D eigenvalue weighted by atomic mass is 9.64. The zero-order valence-corrected chi connectivity index (χ0v) is 14.3. The molecule has 1 fully saturated rings. The van der Waals surface area contributed by atoms with Crippen molar-refractivity contribution in [1.29, 1.82) is 0 Å². The number of hydrogen-bond acceptors (Lipinski definition) is 4. The minimum absolute atomic E-state index is 0.146. The first kappa shape index (κ1) is 17.6. The van der Waals surface area contributed by atoms with Crippen molar-refractivity contribution in [2.24, 2.45) is 11.8 Å². The molecule has 1 saturated carbocycles. The van der Waals surface area contributed by atoms with E-state index in [-0.39, 0.29) is 17.4 Å². The summed E-state index contributed by atoms with van der Waals surface area (Å²) >= 11 is 0. The summed E-state index contributed by atoms with van der Waals surface area (Å²) in [6.45, 7) is 6.54. The number of carbonyl (C=O) groups is 1. The number of methoxy groups -OCH3 is 1. The minimum Gasteiger partial charge on any atom is -0.497 e. The van der Waals surface area contributed by atoms with Gasteiger partial charge in [0.2, 0.25) is 0 Å². The second-order valence-corrected chi connectivity index (χ2v) is 7.03. The minimum atomic E-state index is -0.778. The van der Waals surface area contributed by atoms with Crippen LogP contribution in [0.5, 0.6) is 5.75 Å². The van der Waals surface area contributed by atoms with Gasteiger partial charge in [-0.25, -0.2) is 10.3 Å². The Morgan fingerprint density at radius 1 is 1.26 bits per heavy atom. The summed E-state index contributed by atoms with van der Waals surface area (Å²) in [4.78, 5) is 11.5. The predicted molar refractivity (Wildman–Crippen MR) is 87.7 cm³/mol. The van der Waals surface area contributed by atoms with Crippen molar-refractivity contribution in [3.05, 3.63) is 29.8 Å². The maximum absolute atomic E-state index is 11.5. The van der Waals surface area contributed by atoms with Crippen molar-refractivity contribution >= 4 is 6.09 Å².